The molecule has 30 heavy (non-hydrogen) atoms. The van der Waals surface area contributed by atoms with Crippen LogP contribution in [0.5, 0.6) is 0 Å². The van der Waals surface area contributed by atoms with Gasteiger partial charge in [0.15, 0.2) is 0 Å². The number of carboxylic acids is 1. The van der Waals surface area contributed by atoms with Gasteiger partial charge >= 0.3 is 5.97 Å². The number of para-hydroxylation sites is 1. The van der Waals surface area contributed by atoms with Crippen LogP contribution in [0.15, 0.2) is 77.6 Å². The molecular formula is C24H15N3O3. The number of rotatable bonds is 4. The number of nitriles is 1. The summed E-state index contributed by atoms with van der Waals surface area (Å²) in [4.78, 5) is 29.2. The summed E-state index contributed by atoms with van der Waals surface area (Å²) in [5.41, 5.74) is 2.14. The van der Waals surface area contributed by atoms with E-state index in [1.54, 1.807) is 72.8 Å². The van der Waals surface area contributed by atoms with E-state index in [-0.39, 0.29) is 11.1 Å². The SMILES string of the molecule is N#Cc1ccc(/C=C/c2nc3ccccc3c(=O)n2-c2cccc(C(=O)O)c2)cc1. The quantitative estimate of drug-likeness (QED) is 0.562. The van der Waals surface area contributed by atoms with Gasteiger partial charge in [-0.05, 0) is 54.1 Å². The lowest BCUT2D eigenvalue weighted by molar-refractivity contribution is 0.0697. The Kier molecular flexibility index (Phi) is 4.93. The second-order valence-corrected chi connectivity index (χ2v) is 6.55. The number of carbonyl (C=O) groups is 1. The van der Waals surface area contributed by atoms with Crippen LogP contribution in [0.2, 0.25) is 0 Å². The molecular weight excluding hydrogens is 378 g/mol. The third-order valence-electron chi connectivity index (χ3n) is 4.62. The summed E-state index contributed by atoms with van der Waals surface area (Å²) in [5.74, 6) is -0.709. The molecule has 4 aromatic rings. The van der Waals surface area contributed by atoms with Gasteiger partial charge in [0, 0.05) is 0 Å². The fourth-order valence-electron chi connectivity index (χ4n) is 3.13. The van der Waals surface area contributed by atoms with Crippen molar-refractivity contribution in [2.45, 2.75) is 0 Å². The molecule has 0 aliphatic carbocycles. The first kappa shape index (κ1) is 18.8. The maximum absolute atomic E-state index is 13.2. The summed E-state index contributed by atoms with van der Waals surface area (Å²) in [6, 6.07) is 22.3. The Balaban J connectivity index is 1.91. The van der Waals surface area contributed by atoms with Crippen LogP contribution >= 0.6 is 0 Å². The monoisotopic (exact) mass is 393 g/mol. The van der Waals surface area contributed by atoms with E-state index >= 15 is 0 Å². The third kappa shape index (κ3) is 3.60. The number of fused-ring (bicyclic) bond motifs is 1. The van der Waals surface area contributed by atoms with Gasteiger partial charge in [-0.3, -0.25) is 9.36 Å². The predicted octanol–water partition coefficient (Wildman–Crippen LogP) is 4.13. The van der Waals surface area contributed by atoms with Crippen molar-refractivity contribution < 1.29 is 9.90 Å². The van der Waals surface area contributed by atoms with E-state index in [0.717, 1.165) is 5.56 Å². The molecule has 6 nitrogen and oxygen atoms in total. The average Bonchev–Trinajstić information content (AvgIpc) is 2.78. The van der Waals surface area contributed by atoms with Crippen LogP contribution in [0.25, 0.3) is 28.7 Å². The molecule has 0 bridgehead atoms. The van der Waals surface area contributed by atoms with Crippen molar-refractivity contribution in [3.05, 3.63) is 106 Å². The van der Waals surface area contributed by atoms with Gasteiger partial charge in [-0.1, -0.05) is 36.4 Å². The minimum absolute atomic E-state index is 0.0783. The number of hydrogen-bond acceptors (Lipinski definition) is 4. The fourth-order valence-corrected chi connectivity index (χ4v) is 3.13. The molecule has 0 unspecified atom stereocenters. The number of aromatic carboxylic acids is 1. The maximum Gasteiger partial charge on any atom is 0.335 e. The average molecular weight is 393 g/mol. The van der Waals surface area contributed by atoms with Gasteiger partial charge in [0.1, 0.15) is 5.82 Å². The first-order valence-electron chi connectivity index (χ1n) is 9.10. The van der Waals surface area contributed by atoms with Crippen LogP contribution in [0.4, 0.5) is 0 Å². The van der Waals surface area contributed by atoms with Gasteiger partial charge in [0.25, 0.3) is 5.56 Å². The third-order valence-corrected chi connectivity index (χ3v) is 4.62. The van der Waals surface area contributed by atoms with Gasteiger partial charge in [0.05, 0.1) is 33.8 Å². The molecule has 0 amide bonds. The highest BCUT2D eigenvalue weighted by Gasteiger charge is 2.12. The summed E-state index contributed by atoms with van der Waals surface area (Å²) in [7, 11) is 0. The Labute approximate surface area is 171 Å². The Morgan fingerprint density at radius 2 is 1.77 bits per heavy atom. The molecule has 1 aromatic heterocycles. The molecule has 0 aliphatic heterocycles. The van der Waals surface area contributed by atoms with E-state index in [0.29, 0.717) is 28.0 Å². The van der Waals surface area contributed by atoms with Crippen LogP contribution in [0, 0.1) is 11.3 Å². The summed E-state index contributed by atoms with van der Waals surface area (Å²) in [5, 5.41) is 18.7. The Morgan fingerprint density at radius 3 is 2.50 bits per heavy atom. The molecule has 1 N–H and O–H groups in total. The molecule has 0 atom stereocenters. The lowest BCUT2D eigenvalue weighted by Crippen LogP contribution is -2.22. The van der Waals surface area contributed by atoms with Crippen molar-refractivity contribution in [2.75, 3.05) is 0 Å². The van der Waals surface area contributed by atoms with Crippen molar-refractivity contribution in [1.82, 2.24) is 9.55 Å². The first-order chi connectivity index (χ1) is 14.6. The van der Waals surface area contributed by atoms with Gasteiger partial charge in [0.2, 0.25) is 0 Å². The second-order valence-electron chi connectivity index (χ2n) is 6.55. The minimum atomic E-state index is -1.08. The topological polar surface area (TPSA) is 96.0 Å². The highest BCUT2D eigenvalue weighted by atomic mass is 16.4. The molecule has 0 spiro atoms. The van der Waals surface area contributed by atoms with Crippen LogP contribution in [-0.2, 0) is 0 Å². The molecule has 4 rings (SSSR count). The van der Waals surface area contributed by atoms with E-state index in [4.69, 9.17) is 5.26 Å². The number of benzene rings is 3. The smallest absolute Gasteiger partial charge is 0.335 e. The van der Waals surface area contributed by atoms with Crippen LogP contribution < -0.4 is 5.56 Å². The zero-order chi connectivity index (χ0) is 21.1. The van der Waals surface area contributed by atoms with Crippen molar-refractivity contribution in [3.63, 3.8) is 0 Å². The van der Waals surface area contributed by atoms with E-state index < -0.39 is 5.97 Å². The number of carboxylic acid groups (broad SMARTS) is 1. The molecule has 3 aromatic carbocycles. The zero-order valence-electron chi connectivity index (χ0n) is 15.7. The number of aromatic nitrogens is 2. The highest BCUT2D eigenvalue weighted by molar-refractivity contribution is 5.88. The molecule has 0 radical (unpaired) electrons. The van der Waals surface area contributed by atoms with Gasteiger partial charge in [-0.25, -0.2) is 9.78 Å². The molecule has 0 fully saturated rings. The largest absolute Gasteiger partial charge is 0.478 e. The normalized spacial score (nSPS) is 10.9. The van der Waals surface area contributed by atoms with E-state index in [1.807, 2.05) is 0 Å². The molecule has 144 valence electrons. The molecule has 0 saturated carbocycles. The lowest BCUT2D eigenvalue weighted by atomic mass is 10.1. The van der Waals surface area contributed by atoms with Crippen LogP contribution in [0.3, 0.4) is 0 Å². The van der Waals surface area contributed by atoms with Gasteiger partial charge in [-0.2, -0.15) is 5.26 Å². The van der Waals surface area contributed by atoms with Gasteiger partial charge in [-0.15, -0.1) is 0 Å². The van der Waals surface area contributed by atoms with Gasteiger partial charge < -0.3 is 5.11 Å². The number of hydrogen-bond donors (Lipinski definition) is 1. The van der Waals surface area contributed by atoms with Crippen LogP contribution in [0.1, 0.15) is 27.3 Å². The van der Waals surface area contributed by atoms with Crippen molar-refractivity contribution in [2.24, 2.45) is 0 Å². The highest BCUT2D eigenvalue weighted by Crippen LogP contribution is 2.17. The van der Waals surface area contributed by atoms with E-state index in [1.165, 1.54) is 16.7 Å². The first-order valence-corrected chi connectivity index (χ1v) is 9.10. The van der Waals surface area contributed by atoms with Crippen molar-refractivity contribution >= 4 is 29.0 Å². The van der Waals surface area contributed by atoms with Crippen LogP contribution in [-0.4, -0.2) is 20.6 Å². The summed E-state index contributed by atoms with van der Waals surface area (Å²) >= 11 is 0. The fraction of sp³-hybridized carbons (Fsp3) is 0. The molecule has 1 heterocycles. The molecule has 0 saturated heterocycles. The molecule has 0 aliphatic rings. The Hall–Kier alpha value is -4.50. The standard InChI is InChI=1S/C24H15N3O3/c25-15-17-10-8-16(9-11-17)12-13-22-26-21-7-2-1-6-20(21)23(28)27(22)19-5-3-4-18(14-19)24(29)30/h1-14H,(H,29,30)/b13-12+. The summed E-state index contributed by atoms with van der Waals surface area (Å²) in [6.45, 7) is 0. The minimum Gasteiger partial charge on any atom is -0.478 e. The summed E-state index contributed by atoms with van der Waals surface area (Å²) in [6.07, 6.45) is 3.48. The van der Waals surface area contributed by atoms with E-state index in [9.17, 15) is 14.7 Å². The predicted molar refractivity (Wildman–Crippen MR) is 114 cm³/mol. The summed E-state index contributed by atoms with van der Waals surface area (Å²) < 4.78 is 1.40. The van der Waals surface area contributed by atoms with E-state index in [2.05, 4.69) is 11.1 Å². The molecule has 6 heteroatoms. The number of nitrogens with zero attached hydrogens (tertiary/aromatic N) is 3. The van der Waals surface area contributed by atoms with Crippen molar-refractivity contribution in [3.8, 4) is 11.8 Å². The second kappa shape index (κ2) is 7.86. The Bertz CT molecular complexity index is 1390. The Morgan fingerprint density at radius 1 is 1.00 bits per heavy atom. The zero-order valence-corrected chi connectivity index (χ0v) is 15.7. The maximum atomic E-state index is 13.2. The van der Waals surface area contributed by atoms with Crippen molar-refractivity contribution in [1.29, 1.82) is 5.26 Å². The lowest BCUT2D eigenvalue weighted by Gasteiger charge is -2.12.